The first-order valence-corrected chi connectivity index (χ1v) is 7.77. The van der Waals surface area contributed by atoms with E-state index < -0.39 is 0 Å². The molecule has 3 rings (SSSR count). The Hall–Kier alpha value is -0.930. The maximum absolute atomic E-state index is 13.1. The van der Waals surface area contributed by atoms with Crippen LogP contribution in [0.1, 0.15) is 44.1 Å². The number of likely N-dealkylation sites (N-methyl/N-ethyl adjacent to an activating group) is 1. The Morgan fingerprint density at radius 3 is 2.60 bits per heavy atom. The molecule has 20 heavy (non-hydrogen) atoms. The van der Waals surface area contributed by atoms with Crippen LogP contribution in [0.25, 0.3) is 0 Å². The average molecular weight is 277 g/mol. The smallest absolute Gasteiger partial charge is 0.123 e. The highest BCUT2D eigenvalue weighted by Gasteiger charge is 2.49. The maximum atomic E-state index is 13.1. The van der Waals surface area contributed by atoms with Crippen LogP contribution < -0.4 is 0 Å². The molecule has 1 N–H and O–H groups in total. The first-order chi connectivity index (χ1) is 9.61. The molecular formula is C17H24FNO. The van der Waals surface area contributed by atoms with Crippen molar-refractivity contribution < 1.29 is 9.50 Å². The summed E-state index contributed by atoms with van der Waals surface area (Å²) in [4.78, 5) is 2.38. The molecule has 2 nitrogen and oxygen atoms in total. The molecule has 2 heterocycles. The van der Waals surface area contributed by atoms with E-state index in [1.165, 1.54) is 5.56 Å². The molecule has 0 radical (unpaired) electrons. The van der Waals surface area contributed by atoms with Crippen LogP contribution in [-0.4, -0.2) is 35.2 Å². The zero-order valence-corrected chi connectivity index (χ0v) is 12.3. The molecule has 110 valence electrons. The Balaban J connectivity index is 1.91. The molecule has 3 heteroatoms. The number of aliphatic hydroxyl groups is 1. The van der Waals surface area contributed by atoms with Gasteiger partial charge in [0.15, 0.2) is 0 Å². The van der Waals surface area contributed by atoms with Crippen LogP contribution in [0.3, 0.4) is 0 Å². The predicted octanol–water partition coefficient (Wildman–Crippen LogP) is 3.16. The second-order valence-electron chi connectivity index (χ2n) is 6.46. The Bertz CT molecular complexity index is 461. The van der Waals surface area contributed by atoms with Crippen molar-refractivity contribution in [3.05, 3.63) is 35.6 Å². The van der Waals surface area contributed by atoms with Gasteiger partial charge in [0, 0.05) is 12.1 Å². The summed E-state index contributed by atoms with van der Waals surface area (Å²) in [5.74, 6) is 0.764. The van der Waals surface area contributed by atoms with E-state index in [9.17, 15) is 9.50 Å². The summed E-state index contributed by atoms with van der Waals surface area (Å²) >= 11 is 0. The molecule has 0 amide bonds. The molecule has 2 fully saturated rings. The van der Waals surface area contributed by atoms with E-state index in [2.05, 4.69) is 18.9 Å². The fourth-order valence-corrected chi connectivity index (χ4v) is 4.45. The van der Waals surface area contributed by atoms with Crippen molar-refractivity contribution in [2.75, 3.05) is 7.05 Å². The maximum Gasteiger partial charge on any atom is 0.123 e. The van der Waals surface area contributed by atoms with Crippen LogP contribution in [0.4, 0.5) is 4.39 Å². The SMILES string of the molecule is CCC[C@@H]1[C@H]2C(O)CC(C[C@H]1c1ccc(F)cc1)N2C. The lowest BCUT2D eigenvalue weighted by Gasteiger charge is -2.43. The van der Waals surface area contributed by atoms with E-state index in [0.29, 0.717) is 17.9 Å². The first kappa shape index (κ1) is 14.0. The van der Waals surface area contributed by atoms with Gasteiger partial charge in [0.1, 0.15) is 5.82 Å². The molecule has 5 atom stereocenters. The quantitative estimate of drug-likeness (QED) is 0.917. The van der Waals surface area contributed by atoms with E-state index in [1.807, 2.05) is 12.1 Å². The van der Waals surface area contributed by atoms with Crippen molar-refractivity contribution in [1.82, 2.24) is 4.90 Å². The minimum Gasteiger partial charge on any atom is -0.391 e. The van der Waals surface area contributed by atoms with Gasteiger partial charge in [-0.3, -0.25) is 4.90 Å². The monoisotopic (exact) mass is 277 g/mol. The van der Waals surface area contributed by atoms with Gasteiger partial charge in [-0.25, -0.2) is 4.39 Å². The van der Waals surface area contributed by atoms with E-state index in [4.69, 9.17) is 0 Å². The van der Waals surface area contributed by atoms with Gasteiger partial charge in [-0.05, 0) is 55.8 Å². The fourth-order valence-electron chi connectivity index (χ4n) is 4.45. The van der Waals surface area contributed by atoms with Crippen LogP contribution in [0.15, 0.2) is 24.3 Å². The number of hydrogen-bond donors (Lipinski definition) is 1. The molecule has 1 aromatic carbocycles. The van der Waals surface area contributed by atoms with Crippen LogP contribution in [-0.2, 0) is 0 Å². The summed E-state index contributed by atoms with van der Waals surface area (Å²) in [7, 11) is 2.15. The zero-order valence-electron chi connectivity index (χ0n) is 12.3. The summed E-state index contributed by atoms with van der Waals surface area (Å²) in [5, 5.41) is 10.4. The van der Waals surface area contributed by atoms with E-state index in [0.717, 1.165) is 25.7 Å². The lowest BCUT2D eigenvalue weighted by molar-refractivity contribution is 0.0424. The van der Waals surface area contributed by atoms with Crippen molar-refractivity contribution in [1.29, 1.82) is 0 Å². The number of rotatable bonds is 3. The number of hydrogen-bond acceptors (Lipinski definition) is 2. The third-order valence-corrected chi connectivity index (χ3v) is 5.36. The molecule has 2 unspecified atom stereocenters. The van der Waals surface area contributed by atoms with Crippen LogP contribution in [0.5, 0.6) is 0 Å². The molecule has 2 bridgehead atoms. The van der Waals surface area contributed by atoms with Crippen molar-refractivity contribution in [3.8, 4) is 0 Å². The Labute approximate surface area is 120 Å². The zero-order chi connectivity index (χ0) is 14.3. The van der Waals surface area contributed by atoms with Gasteiger partial charge >= 0.3 is 0 Å². The van der Waals surface area contributed by atoms with Gasteiger partial charge in [-0.15, -0.1) is 0 Å². The van der Waals surface area contributed by atoms with Gasteiger partial charge in [0.2, 0.25) is 0 Å². The summed E-state index contributed by atoms with van der Waals surface area (Å²) in [6, 6.07) is 7.73. The molecule has 2 aliphatic heterocycles. The Kier molecular flexibility index (Phi) is 3.83. The number of nitrogens with zero attached hydrogens (tertiary/aromatic N) is 1. The Morgan fingerprint density at radius 2 is 1.95 bits per heavy atom. The van der Waals surface area contributed by atoms with Gasteiger partial charge < -0.3 is 5.11 Å². The standard InChI is InChI=1S/C17H24FNO/c1-3-4-14-15(11-5-7-12(18)8-6-11)9-13-10-16(20)17(14)19(13)2/h5-8,13-17,20H,3-4,9-10H2,1-2H3/t13?,14-,15-,16?,17-/m0/s1. The second-order valence-corrected chi connectivity index (χ2v) is 6.46. The molecule has 0 aliphatic carbocycles. The fraction of sp³-hybridized carbons (Fsp3) is 0.647. The summed E-state index contributed by atoms with van der Waals surface area (Å²) in [5.41, 5.74) is 1.24. The molecule has 0 spiro atoms. The second kappa shape index (κ2) is 5.45. The van der Waals surface area contributed by atoms with E-state index in [-0.39, 0.29) is 18.0 Å². The number of benzene rings is 1. The first-order valence-electron chi connectivity index (χ1n) is 7.77. The van der Waals surface area contributed by atoms with Crippen LogP contribution >= 0.6 is 0 Å². The van der Waals surface area contributed by atoms with Crippen molar-refractivity contribution in [2.24, 2.45) is 5.92 Å². The van der Waals surface area contributed by atoms with E-state index >= 15 is 0 Å². The van der Waals surface area contributed by atoms with Gasteiger partial charge in [-0.2, -0.15) is 0 Å². The van der Waals surface area contributed by atoms with E-state index in [1.54, 1.807) is 12.1 Å². The number of fused-ring (bicyclic) bond motifs is 2. The number of piperidine rings is 1. The lowest BCUT2D eigenvalue weighted by Crippen LogP contribution is -2.48. The minimum absolute atomic E-state index is 0.170. The van der Waals surface area contributed by atoms with Gasteiger partial charge in [0.05, 0.1) is 6.10 Å². The number of halogens is 1. The molecular weight excluding hydrogens is 253 g/mol. The van der Waals surface area contributed by atoms with Crippen molar-refractivity contribution in [2.45, 2.75) is 56.7 Å². The minimum atomic E-state index is -0.202. The number of aliphatic hydroxyl groups excluding tert-OH is 1. The van der Waals surface area contributed by atoms with Crippen molar-refractivity contribution in [3.63, 3.8) is 0 Å². The third kappa shape index (κ3) is 2.27. The average Bonchev–Trinajstić information content (AvgIpc) is 2.61. The molecule has 0 aromatic heterocycles. The third-order valence-electron chi connectivity index (χ3n) is 5.36. The van der Waals surface area contributed by atoms with Crippen LogP contribution in [0.2, 0.25) is 0 Å². The Morgan fingerprint density at radius 1 is 1.25 bits per heavy atom. The molecule has 1 aromatic rings. The topological polar surface area (TPSA) is 23.5 Å². The summed E-state index contributed by atoms with van der Waals surface area (Å²) in [6.45, 7) is 2.20. The summed E-state index contributed by atoms with van der Waals surface area (Å²) in [6.07, 6.45) is 4.02. The highest BCUT2D eigenvalue weighted by atomic mass is 19.1. The molecule has 2 saturated heterocycles. The highest BCUT2D eigenvalue weighted by Crippen LogP contribution is 2.47. The lowest BCUT2D eigenvalue weighted by atomic mass is 9.74. The largest absolute Gasteiger partial charge is 0.391 e. The predicted molar refractivity (Wildman–Crippen MR) is 78.1 cm³/mol. The molecule has 0 saturated carbocycles. The normalized spacial score (nSPS) is 37.3. The highest BCUT2D eigenvalue weighted by molar-refractivity contribution is 5.24. The van der Waals surface area contributed by atoms with Crippen LogP contribution in [0, 0.1) is 11.7 Å². The van der Waals surface area contributed by atoms with Gasteiger partial charge in [0.25, 0.3) is 0 Å². The van der Waals surface area contributed by atoms with Crippen molar-refractivity contribution >= 4 is 0 Å². The molecule has 2 aliphatic rings. The van der Waals surface area contributed by atoms with Gasteiger partial charge in [-0.1, -0.05) is 25.5 Å². The summed E-state index contributed by atoms with van der Waals surface area (Å²) < 4.78 is 13.1.